The van der Waals surface area contributed by atoms with Gasteiger partial charge in [-0.2, -0.15) is 0 Å². The van der Waals surface area contributed by atoms with Crippen molar-refractivity contribution in [2.24, 2.45) is 5.92 Å². The zero-order valence-electron chi connectivity index (χ0n) is 14.4. The van der Waals surface area contributed by atoms with Gasteiger partial charge < -0.3 is 10.4 Å². The third-order valence-electron chi connectivity index (χ3n) is 4.58. The van der Waals surface area contributed by atoms with Crippen molar-refractivity contribution in [3.05, 3.63) is 54.6 Å². The summed E-state index contributed by atoms with van der Waals surface area (Å²) in [6.07, 6.45) is 1.21. The molecule has 0 unspecified atom stereocenters. The van der Waals surface area contributed by atoms with Gasteiger partial charge in [-0.15, -0.1) is 12.4 Å². The first kappa shape index (κ1) is 19.9. The third kappa shape index (κ3) is 5.31. The number of amides is 1. The molecule has 0 saturated carbocycles. The van der Waals surface area contributed by atoms with Crippen molar-refractivity contribution in [1.29, 1.82) is 0 Å². The maximum absolute atomic E-state index is 12.2. The second-order valence-electron chi connectivity index (χ2n) is 6.38. The molecule has 0 radical (unpaired) electrons. The largest absolute Gasteiger partial charge is 0.481 e. The van der Waals surface area contributed by atoms with Gasteiger partial charge in [0, 0.05) is 5.69 Å². The molecule has 1 fully saturated rings. The number of carboxylic acid groups (broad SMARTS) is 1. The fraction of sp³-hybridized carbons (Fsp3) is 0.300. The highest BCUT2D eigenvalue weighted by Gasteiger charge is 2.25. The van der Waals surface area contributed by atoms with E-state index in [2.05, 4.69) is 5.32 Å². The van der Waals surface area contributed by atoms with E-state index in [1.165, 1.54) is 0 Å². The van der Waals surface area contributed by atoms with E-state index in [0.717, 1.165) is 16.8 Å². The maximum atomic E-state index is 12.2. The summed E-state index contributed by atoms with van der Waals surface area (Å²) < 4.78 is 0. The topological polar surface area (TPSA) is 69.6 Å². The number of carboxylic acids is 1. The third-order valence-corrected chi connectivity index (χ3v) is 4.58. The number of piperidine rings is 1. The molecule has 1 saturated heterocycles. The van der Waals surface area contributed by atoms with Crippen molar-refractivity contribution in [2.75, 3.05) is 25.0 Å². The number of nitrogens with zero attached hydrogens (tertiary/aromatic N) is 1. The Morgan fingerprint density at radius 1 is 0.962 bits per heavy atom. The Morgan fingerprint density at radius 2 is 1.54 bits per heavy atom. The minimum absolute atomic E-state index is 0. The van der Waals surface area contributed by atoms with Gasteiger partial charge in [-0.3, -0.25) is 14.5 Å². The van der Waals surface area contributed by atoms with E-state index in [-0.39, 0.29) is 24.2 Å². The first-order chi connectivity index (χ1) is 12.1. The second kappa shape index (κ2) is 9.36. The van der Waals surface area contributed by atoms with Crippen LogP contribution in [0, 0.1) is 5.92 Å². The molecular weight excluding hydrogens is 352 g/mol. The standard InChI is InChI=1S/C20H22N2O3.ClH/c23-19(14-22-12-10-17(11-13-22)20(24)25)21-18-8-6-16(7-9-18)15-4-2-1-3-5-15;/h1-9,17H,10-14H2,(H,21,23)(H,24,25);1H. The molecule has 3 rings (SSSR count). The lowest BCUT2D eigenvalue weighted by molar-refractivity contribution is -0.143. The van der Waals surface area contributed by atoms with Crippen molar-refractivity contribution in [3.8, 4) is 11.1 Å². The van der Waals surface area contributed by atoms with Crippen LogP contribution in [0.4, 0.5) is 5.69 Å². The molecule has 1 aliphatic heterocycles. The number of hydrogen-bond donors (Lipinski definition) is 2. The lowest BCUT2D eigenvalue weighted by Gasteiger charge is -2.29. The van der Waals surface area contributed by atoms with Crippen LogP contribution >= 0.6 is 12.4 Å². The molecule has 6 heteroatoms. The molecule has 26 heavy (non-hydrogen) atoms. The fourth-order valence-corrected chi connectivity index (χ4v) is 3.12. The van der Waals surface area contributed by atoms with Crippen LogP contribution in [0.25, 0.3) is 11.1 Å². The van der Waals surface area contributed by atoms with Crippen molar-refractivity contribution < 1.29 is 14.7 Å². The van der Waals surface area contributed by atoms with Gasteiger partial charge in [0.2, 0.25) is 5.91 Å². The predicted molar refractivity (Wildman–Crippen MR) is 105 cm³/mol. The molecule has 0 spiro atoms. The minimum atomic E-state index is -0.734. The molecule has 2 N–H and O–H groups in total. The monoisotopic (exact) mass is 374 g/mol. The van der Waals surface area contributed by atoms with Crippen LogP contribution in [-0.4, -0.2) is 41.5 Å². The van der Waals surface area contributed by atoms with Crippen LogP contribution in [0.3, 0.4) is 0 Å². The number of aliphatic carboxylic acids is 1. The van der Waals surface area contributed by atoms with E-state index >= 15 is 0 Å². The molecular formula is C20H23ClN2O3. The molecule has 2 aromatic rings. The highest BCUT2D eigenvalue weighted by atomic mass is 35.5. The summed E-state index contributed by atoms with van der Waals surface area (Å²) in [4.78, 5) is 25.1. The van der Waals surface area contributed by atoms with Gasteiger partial charge in [0.15, 0.2) is 0 Å². The zero-order valence-corrected chi connectivity index (χ0v) is 15.2. The highest BCUT2D eigenvalue weighted by Crippen LogP contribution is 2.21. The number of carbonyl (C=O) groups excluding carboxylic acids is 1. The van der Waals surface area contributed by atoms with E-state index in [9.17, 15) is 9.59 Å². The smallest absolute Gasteiger partial charge is 0.306 e. The molecule has 2 aromatic carbocycles. The fourth-order valence-electron chi connectivity index (χ4n) is 3.12. The summed E-state index contributed by atoms with van der Waals surface area (Å²) >= 11 is 0. The molecule has 138 valence electrons. The van der Waals surface area contributed by atoms with Crippen molar-refractivity contribution >= 4 is 30.0 Å². The maximum Gasteiger partial charge on any atom is 0.306 e. The summed E-state index contributed by atoms with van der Waals surface area (Å²) in [6, 6.07) is 17.9. The number of carbonyl (C=O) groups is 2. The Hall–Kier alpha value is -2.37. The van der Waals surface area contributed by atoms with Gasteiger partial charge in [-0.1, -0.05) is 42.5 Å². The van der Waals surface area contributed by atoms with E-state index in [4.69, 9.17) is 5.11 Å². The zero-order chi connectivity index (χ0) is 17.6. The highest BCUT2D eigenvalue weighted by molar-refractivity contribution is 5.92. The number of rotatable bonds is 5. The summed E-state index contributed by atoms with van der Waals surface area (Å²) in [5.41, 5.74) is 3.01. The van der Waals surface area contributed by atoms with Crippen LogP contribution in [0.1, 0.15) is 12.8 Å². The average molecular weight is 375 g/mol. The Morgan fingerprint density at radius 3 is 2.12 bits per heavy atom. The van der Waals surface area contributed by atoms with E-state index in [0.29, 0.717) is 32.5 Å². The number of anilines is 1. The van der Waals surface area contributed by atoms with Crippen molar-refractivity contribution in [1.82, 2.24) is 4.90 Å². The average Bonchev–Trinajstić information content (AvgIpc) is 2.63. The molecule has 0 aromatic heterocycles. The van der Waals surface area contributed by atoms with Crippen LogP contribution in [0.2, 0.25) is 0 Å². The summed E-state index contributed by atoms with van der Waals surface area (Å²) in [7, 11) is 0. The molecule has 1 aliphatic rings. The quantitative estimate of drug-likeness (QED) is 0.840. The Kier molecular flexibility index (Phi) is 7.18. The molecule has 5 nitrogen and oxygen atoms in total. The molecule has 1 heterocycles. The van der Waals surface area contributed by atoms with Crippen LogP contribution in [0.15, 0.2) is 54.6 Å². The predicted octanol–water partition coefficient (Wildman–Crippen LogP) is 3.51. The van der Waals surface area contributed by atoms with Crippen LogP contribution in [0.5, 0.6) is 0 Å². The summed E-state index contributed by atoms with van der Waals surface area (Å²) in [5, 5.41) is 11.9. The van der Waals surface area contributed by atoms with Gasteiger partial charge in [0.1, 0.15) is 0 Å². The number of benzene rings is 2. The SMILES string of the molecule is Cl.O=C(CN1CCC(C(=O)O)CC1)Nc1ccc(-c2ccccc2)cc1. The van der Waals surface area contributed by atoms with Gasteiger partial charge in [-0.25, -0.2) is 0 Å². The van der Waals surface area contributed by atoms with Gasteiger partial charge in [0.25, 0.3) is 0 Å². The lowest BCUT2D eigenvalue weighted by Crippen LogP contribution is -2.40. The van der Waals surface area contributed by atoms with E-state index in [1.54, 1.807) is 0 Å². The molecule has 0 bridgehead atoms. The minimum Gasteiger partial charge on any atom is -0.481 e. The molecule has 0 atom stereocenters. The summed E-state index contributed by atoms with van der Waals surface area (Å²) in [5.74, 6) is -1.08. The molecule has 0 aliphatic carbocycles. The number of hydrogen-bond acceptors (Lipinski definition) is 3. The van der Waals surface area contributed by atoms with Crippen LogP contribution in [-0.2, 0) is 9.59 Å². The number of likely N-dealkylation sites (tertiary alicyclic amines) is 1. The normalized spacial score (nSPS) is 15.1. The first-order valence-electron chi connectivity index (χ1n) is 8.52. The number of halogens is 1. The van der Waals surface area contributed by atoms with Crippen molar-refractivity contribution in [3.63, 3.8) is 0 Å². The Bertz CT molecular complexity index is 726. The Balaban J connectivity index is 0.00000243. The Labute approximate surface area is 159 Å². The number of nitrogens with one attached hydrogen (secondary N) is 1. The summed E-state index contributed by atoms with van der Waals surface area (Å²) in [6.45, 7) is 1.60. The molecule has 1 amide bonds. The second-order valence-corrected chi connectivity index (χ2v) is 6.38. The van der Waals surface area contributed by atoms with Gasteiger partial charge >= 0.3 is 5.97 Å². The van der Waals surface area contributed by atoms with Crippen LogP contribution < -0.4 is 5.32 Å². The van der Waals surface area contributed by atoms with E-state index in [1.807, 2.05) is 59.5 Å². The first-order valence-corrected chi connectivity index (χ1v) is 8.52. The van der Waals surface area contributed by atoms with Gasteiger partial charge in [0.05, 0.1) is 12.5 Å². The lowest BCUT2D eigenvalue weighted by atomic mass is 9.97. The van der Waals surface area contributed by atoms with Gasteiger partial charge in [-0.05, 0) is 49.2 Å². The van der Waals surface area contributed by atoms with Crippen molar-refractivity contribution in [2.45, 2.75) is 12.8 Å². The van der Waals surface area contributed by atoms with E-state index < -0.39 is 5.97 Å².